The predicted molar refractivity (Wildman–Crippen MR) is 119 cm³/mol. The lowest BCUT2D eigenvalue weighted by atomic mass is 9.89. The number of hydrogen-bond donors (Lipinski definition) is 1. The molecule has 2 heterocycles. The van der Waals surface area contributed by atoms with Crippen molar-refractivity contribution in [3.05, 3.63) is 57.0 Å². The Morgan fingerprint density at radius 2 is 2.30 bits per heavy atom. The van der Waals surface area contributed by atoms with Crippen LogP contribution in [0.5, 0.6) is 5.75 Å². The first-order valence-electron chi connectivity index (χ1n) is 9.96. The summed E-state index contributed by atoms with van der Waals surface area (Å²) in [7, 11) is 1.59. The van der Waals surface area contributed by atoms with Crippen LogP contribution < -0.4 is 15.7 Å². The average molecular weight is 425 g/mol. The summed E-state index contributed by atoms with van der Waals surface area (Å²) in [5.74, 6) is 0.952. The summed E-state index contributed by atoms with van der Waals surface area (Å²) < 4.78 is 6.56. The highest BCUT2D eigenvalue weighted by Gasteiger charge is 2.25. The summed E-state index contributed by atoms with van der Waals surface area (Å²) in [5.41, 5.74) is 4.26. The number of fused-ring (bicyclic) bond motifs is 3. The van der Waals surface area contributed by atoms with Gasteiger partial charge in [-0.1, -0.05) is 19.1 Å². The lowest BCUT2D eigenvalue weighted by Gasteiger charge is -2.18. The lowest BCUT2D eigenvalue weighted by Crippen LogP contribution is -2.34. The molecule has 0 spiro atoms. The van der Waals surface area contributed by atoms with Crippen LogP contribution in [0.1, 0.15) is 42.3 Å². The molecule has 0 bridgehead atoms. The summed E-state index contributed by atoms with van der Waals surface area (Å²) in [5, 5.41) is 4.68. The maximum absolute atomic E-state index is 13.2. The van der Waals surface area contributed by atoms with Gasteiger partial charge in [0.15, 0.2) is 0 Å². The van der Waals surface area contributed by atoms with Crippen molar-refractivity contribution in [3.8, 4) is 5.75 Å². The molecule has 30 heavy (non-hydrogen) atoms. The monoisotopic (exact) mass is 424 g/mol. The fourth-order valence-electron chi connectivity index (χ4n) is 3.73. The molecule has 1 aliphatic carbocycles. The van der Waals surface area contributed by atoms with E-state index in [4.69, 9.17) is 4.74 Å². The Balaban J connectivity index is 1.54. The fourth-order valence-corrected chi connectivity index (χ4v) is 5.07. The van der Waals surface area contributed by atoms with Crippen molar-refractivity contribution in [2.24, 2.45) is 11.0 Å². The summed E-state index contributed by atoms with van der Waals surface area (Å²) in [6, 6.07) is 6.60. The average Bonchev–Trinajstić information content (AvgIpc) is 3.11. The molecular weight excluding hydrogens is 400 g/mol. The number of hydrogen-bond acceptors (Lipinski definition) is 6. The zero-order valence-corrected chi connectivity index (χ0v) is 18.0. The number of aromatic nitrogens is 2. The minimum Gasteiger partial charge on any atom is -0.497 e. The van der Waals surface area contributed by atoms with Gasteiger partial charge in [-0.25, -0.2) is 10.4 Å². The quantitative estimate of drug-likeness (QED) is 0.503. The molecule has 7 nitrogen and oxygen atoms in total. The molecule has 0 fully saturated rings. The molecule has 0 saturated heterocycles. The van der Waals surface area contributed by atoms with Crippen molar-refractivity contribution in [2.45, 2.75) is 39.2 Å². The summed E-state index contributed by atoms with van der Waals surface area (Å²) in [6.45, 7) is 3.91. The maximum Gasteiger partial charge on any atom is 0.263 e. The van der Waals surface area contributed by atoms with Crippen LogP contribution >= 0.6 is 11.3 Å². The number of amides is 1. The molecule has 156 valence electrons. The molecular formula is C22H24N4O3S. The van der Waals surface area contributed by atoms with Crippen LogP contribution in [0.4, 0.5) is 0 Å². The normalized spacial score (nSPS) is 17.1. The first-order chi connectivity index (χ1) is 14.5. The topological polar surface area (TPSA) is 85.6 Å². The summed E-state index contributed by atoms with van der Waals surface area (Å²) >= 11 is 1.60. The largest absolute Gasteiger partial charge is 0.497 e. The van der Waals surface area contributed by atoms with Crippen molar-refractivity contribution < 1.29 is 9.53 Å². The molecule has 3 aromatic rings. The highest BCUT2D eigenvalue weighted by atomic mass is 32.1. The van der Waals surface area contributed by atoms with Crippen LogP contribution in [-0.2, 0) is 17.6 Å². The highest BCUT2D eigenvalue weighted by molar-refractivity contribution is 7.18. The molecule has 0 unspecified atom stereocenters. The number of nitrogens with zero attached hydrogens (tertiary/aromatic N) is 3. The molecule has 0 saturated carbocycles. The Kier molecular flexibility index (Phi) is 5.67. The van der Waals surface area contributed by atoms with Gasteiger partial charge in [0, 0.05) is 4.88 Å². The number of carbonyl (C=O) groups is 1. The third kappa shape index (κ3) is 3.87. The van der Waals surface area contributed by atoms with Crippen molar-refractivity contribution in [1.29, 1.82) is 0 Å². The van der Waals surface area contributed by atoms with Crippen molar-refractivity contribution in [2.75, 3.05) is 7.11 Å². The van der Waals surface area contributed by atoms with E-state index in [2.05, 4.69) is 22.4 Å². The number of nitrogens with one attached hydrogen (secondary N) is 1. The molecule has 1 aliphatic rings. The second kappa shape index (κ2) is 8.39. The van der Waals surface area contributed by atoms with Crippen molar-refractivity contribution >= 4 is 33.7 Å². The number of aryl methyl sites for hydroxylation is 1. The van der Waals surface area contributed by atoms with E-state index >= 15 is 0 Å². The molecule has 1 N–H and O–H groups in total. The summed E-state index contributed by atoms with van der Waals surface area (Å²) in [6.07, 6.45) is 5.95. The number of hydrazone groups is 1. The lowest BCUT2D eigenvalue weighted by molar-refractivity contribution is -0.123. The summed E-state index contributed by atoms with van der Waals surface area (Å²) in [4.78, 5) is 32.2. The van der Waals surface area contributed by atoms with Crippen molar-refractivity contribution in [3.63, 3.8) is 0 Å². The van der Waals surface area contributed by atoms with Gasteiger partial charge in [0.25, 0.3) is 11.5 Å². The second-order valence-electron chi connectivity index (χ2n) is 7.68. The van der Waals surface area contributed by atoms with E-state index in [-0.39, 0.29) is 11.5 Å². The van der Waals surface area contributed by atoms with Crippen LogP contribution in [-0.4, -0.2) is 28.8 Å². The van der Waals surface area contributed by atoms with Gasteiger partial charge in [-0.3, -0.25) is 14.2 Å². The second-order valence-corrected chi connectivity index (χ2v) is 8.76. The van der Waals surface area contributed by atoms with Crippen LogP contribution in [0.2, 0.25) is 0 Å². The first-order valence-corrected chi connectivity index (χ1v) is 10.8. The molecule has 8 heteroatoms. The first kappa shape index (κ1) is 20.3. The molecule has 2 aromatic heterocycles. The number of thiophene rings is 1. The van der Waals surface area contributed by atoms with E-state index in [1.807, 2.05) is 24.3 Å². The smallest absolute Gasteiger partial charge is 0.263 e. The van der Waals surface area contributed by atoms with Gasteiger partial charge in [0.05, 0.1) is 25.0 Å². The van der Waals surface area contributed by atoms with Gasteiger partial charge in [-0.15, -0.1) is 11.3 Å². The fraction of sp³-hybridized carbons (Fsp3) is 0.364. The standard InChI is InChI=1S/C22H24N4O3S/c1-13-7-8-17-18(9-13)30-21-19(17)22(28)26(12-23-21)14(2)20(27)25-24-11-15-5-4-6-16(10-15)29-3/h4-6,10-14H,7-9H2,1-3H3,(H,25,27)/t13-,14+/m1/s1. The Labute approximate surface area is 178 Å². The number of carbonyl (C=O) groups excluding carboxylic acids is 1. The van der Waals surface area contributed by atoms with E-state index in [1.165, 1.54) is 22.0 Å². The van der Waals surface area contributed by atoms with Gasteiger partial charge in [-0.2, -0.15) is 5.10 Å². The Hall–Kier alpha value is -3.00. The number of ether oxygens (including phenoxy) is 1. The molecule has 2 atom stereocenters. The number of methoxy groups -OCH3 is 1. The Bertz CT molecular complexity index is 1180. The zero-order chi connectivity index (χ0) is 21.3. The number of benzene rings is 1. The Morgan fingerprint density at radius 1 is 1.47 bits per heavy atom. The van der Waals surface area contributed by atoms with Gasteiger partial charge in [-0.05, 0) is 55.4 Å². The van der Waals surface area contributed by atoms with E-state index in [0.717, 1.165) is 35.2 Å². The van der Waals surface area contributed by atoms with Crippen LogP contribution in [0.3, 0.4) is 0 Å². The van der Waals surface area contributed by atoms with E-state index < -0.39 is 6.04 Å². The van der Waals surface area contributed by atoms with Gasteiger partial charge >= 0.3 is 0 Å². The van der Waals surface area contributed by atoms with Gasteiger partial charge < -0.3 is 4.74 Å². The van der Waals surface area contributed by atoms with E-state index in [0.29, 0.717) is 17.1 Å². The zero-order valence-electron chi connectivity index (χ0n) is 17.2. The third-order valence-corrected chi connectivity index (χ3v) is 6.68. The van der Waals surface area contributed by atoms with Gasteiger partial charge in [0.2, 0.25) is 0 Å². The van der Waals surface area contributed by atoms with Crippen LogP contribution in [0, 0.1) is 5.92 Å². The molecule has 0 aliphatic heterocycles. The van der Waals surface area contributed by atoms with Crippen LogP contribution in [0.15, 0.2) is 40.5 Å². The Morgan fingerprint density at radius 3 is 3.10 bits per heavy atom. The minimum absolute atomic E-state index is 0.161. The van der Waals surface area contributed by atoms with E-state index in [9.17, 15) is 9.59 Å². The molecule has 0 radical (unpaired) electrons. The van der Waals surface area contributed by atoms with Crippen LogP contribution in [0.25, 0.3) is 10.2 Å². The third-order valence-electron chi connectivity index (χ3n) is 5.52. The predicted octanol–water partition coefficient (Wildman–Crippen LogP) is 3.30. The molecule has 4 rings (SSSR count). The minimum atomic E-state index is -0.727. The van der Waals surface area contributed by atoms with Gasteiger partial charge in [0.1, 0.15) is 16.6 Å². The maximum atomic E-state index is 13.2. The number of rotatable bonds is 5. The van der Waals surface area contributed by atoms with E-state index in [1.54, 1.807) is 25.4 Å². The molecule has 1 aromatic carbocycles. The molecule has 1 amide bonds. The highest BCUT2D eigenvalue weighted by Crippen LogP contribution is 2.35. The SMILES string of the molecule is COc1cccc(C=NNC(=O)[C@H](C)n2cnc3sc4c(c3c2=O)CC[C@@H](C)C4)c1. The van der Waals surface area contributed by atoms with Crippen molar-refractivity contribution in [1.82, 2.24) is 15.0 Å².